The van der Waals surface area contributed by atoms with Gasteiger partial charge in [0, 0.05) is 25.7 Å². The predicted octanol–water partition coefficient (Wildman–Crippen LogP) is 0.447. The van der Waals surface area contributed by atoms with Gasteiger partial charge in [0.2, 0.25) is 0 Å². The molecule has 1 aliphatic rings. The van der Waals surface area contributed by atoms with Gasteiger partial charge in [-0.25, -0.2) is 0 Å². The Morgan fingerprint density at radius 2 is 2.15 bits per heavy atom. The Bertz CT molecular complexity index is 138. The van der Waals surface area contributed by atoms with Crippen molar-refractivity contribution in [3.05, 3.63) is 0 Å². The van der Waals surface area contributed by atoms with Crippen LogP contribution in [0.15, 0.2) is 0 Å². The molecule has 13 heavy (non-hydrogen) atoms. The van der Waals surface area contributed by atoms with Crippen LogP contribution in [0.25, 0.3) is 0 Å². The van der Waals surface area contributed by atoms with Crippen molar-refractivity contribution in [3.63, 3.8) is 0 Å². The van der Waals surface area contributed by atoms with Crippen LogP contribution in [0.3, 0.4) is 0 Å². The van der Waals surface area contributed by atoms with E-state index < -0.39 is 0 Å². The minimum atomic E-state index is 0.198. The number of ether oxygens (including phenoxy) is 1. The number of nitrogens with one attached hydrogen (secondary N) is 1. The molecule has 78 valence electrons. The van der Waals surface area contributed by atoms with Gasteiger partial charge in [0.25, 0.3) is 0 Å². The first-order chi connectivity index (χ1) is 6.33. The minimum Gasteiger partial charge on any atom is -0.383 e. The van der Waals surface area contributed by atoms with E-state index in [1.807, 2.05) is 11.8 Å². The van der Waals surface area contributed by atoms with E-state index in [0.717, 1.165) is 19.7 Å². The summed E-state index contributed by atoms with van der Waals surface area (Å²) in [5.74, 6) is 2.47. The Morgan fingerprint density at radius 1 is 1.46 bits per heavy atom. The lowest BCUT2D eigenvalue weighted by atomic mass is 9.92. The van der Waals surface area contributed by atoms with E-state index in [4.69, 9.17) is 10.5 Å². The average Bonchev–Trinajstić information content (AvgIpc) is 2.20. The van der Waals surface area contributed by atoms with Crippen molar-refractivity contribution in [2.75, 3.05) is 38.3 Å². The highest BCUT2D eigenvalue weighted by atomic mass is 32.2. The monoisotopic (exact) mass is 204 g/mol. The maximum Gasteiger partial charge on any atom is 0.0587 e. The highest BCUT2D eigenvalue weighted by Gasteiger charge is 2.29. The zero-order valence-electron chi connectivity index (χ0n) is 8.34. The molecule has 0 amide bonds. The van der Waals surface area contributed by atoms with Gasteiger partial charge < -0.3 is 15.8 Å². The first-order valence-corrected chi connectivity index (χ1v) is 6.00. The van der Waals surface area contributed by atoms with E-state index >= 15 is 0 Å². The van der Waals surface area contributed by atoms with E-state index in [9.17, 15) is 0 Å². The van der Waals surface area contributed by atoms with Gasteiger partial charge in [0.15, 0.2) is 0 Å². The van der Waals surface area contributed by atoms with Gasteiger partial charge in [-0.2, -0.15) is 11.8 Å². The van der Waals surface area contributed by atoms with Crippen LogP contribution in [0.2, 0.25) is 0 Å². The van der Waals surface area contributed by atoms with Crippen molar-refractivity contribution in [2.24, 2.45) is 5.73 Å². The second-order valence-corrected chi connectivity index (χ2v) is 4.74. The second kappa shape index (κ2) is 5.86. The molecule has 0 aromatic carbocycles. The van der Waals surface area contributed by atoms with Gasteiger partial charge in [-0.05, 0) is 24.3 Å². The fourth-order valence-electron chi connectivity index (χ4n) is 1.63. The fraction of sp³-hybridized carbons (Fsp3) is 1.00. The quantitative estimate of drug-likeness (QED) is 0.638. The number of methoxy groups -OCH3 is 1. The Balaban J connectivity index is 2.29. The summed E-state index contributed by atoms with van der Waals surface area (Å²) in [6, 6.07) is 0. The summed E-state index contributed by atoms with van der Waals surface area (Å²) in [5, 5.41) is 3.52. The molecular formula is C9H20N2OS. The van der Waals surface area contributed by atoms with E-state index in [-0.39, 0.29) is 5.54 Å². The molecule has 3 N–H and O–H groups in total. The van der Waals surface area contributed by atoms with Gasteiger partial charge in [-0.3, -0.25) is 0 Å². The molecule has 3 nitrogen and oxygen atoms in total. The normalized spacial score (nSPS) is 21.7. The summed E-state index contributed by atoms with van der Waals surface area (Å²) in [6.45, 7) is 2.44. The smallest absolute Gasteiger partial charge is 0.0587 e. The lowest BCUT2D eigenvalue weighted by Crippen LogP contribution is -2.54. The number of nitrogens with two attached hydrogens (primary N) is 1. The standard InChI is InChI=1S/C9H20N2OS/c1-12-5-4-11-9(8-10)2-6-13-7-3-9/h11H,2-8,10H2,1H3. The number of hydrogen-bond donors (Lipinski definition) is 2. The molecule has 1 aliphatic heterocycles. The molecule has 4 heteroatoms. The van der Waals surface area contributed by atoms with Crippen molar-refractivity contribution < 1.29 is 4.74 Å². The topological polar surface area (TPSA) is 47.3 Å². The van der Waals surface area contributed by atoms with Crippen LogP contribution in [-0.4, -0.2) is 43.9 Å². The fourth-order valence-corrected chi connectivity index (χ4v) is 2.91. The largest absolute Gasteiger partial charge is 0.383 e. The molecule has 1 saturated heterocycles. The maximum absolute atomic E-state index is 5.81. The number of rotatable bonds is 5. The van der Waals surface area contributed by atoms with E-state index in [1.54, 1.807) is 7.11 Å². The molecule has 1 fully saturated rings. The molecule has 1 rings (SSSR count). The third-order valence-corrected chi connectivity index (χ3v) is 3.63. The Hall–Kier alpha value is 0.230. The van der Waals surface area contributed by atoms with Crippen molar-refractivity contribution in [3.8, 4) is 0 Å². The lowest BCUT2D eigenvalue weighted by Gasteiger charge is -2.37. The summed E-state index contributed by atoms with van der Waals surface area (Å²) in [6.07, 6.45) is 2.38. The van der Waals surface area contributed by atoms with E-state index in [0.29, 0.717) is 0 Å². The van der Waals surface area contributed by atoms with Crippen LogP contribution < -0.4 is 11.1 Å². The number of hydrogen-bond acceptors (Lipinski definition) is 4. The zero-order valence-corrected chi connectivity index (χ0v) is 9.16. The van der Waals surface area contributed by atoms with Crippen LogP contribution in [-0.2, 0) is 4.74 Å². The summed E-state index contributed by atoms with van der Waals surface area (Å²) in [7, 11) is 1.73. The van der Waals surface area contributed by atoms with Crippen molar-refractivity contribution in [1.29, 1.82) is 0 Å². The highest BCUT2D eigenvalue weighted by Crippen LogP contribution is 2.25. The van der Waals surface area contributed by atoms with Gasteiger partial charge in [0.05, 0.1) is 6.61 Å². The molecule has 1 heterocycles. The predicted molar refractivity (Wildman–Crippen MR) is 58.2 cm³/mol. The molecule has 0 aliphatic carbocycles. The molecule has 0 saturated carbocycles. The van der Waals surface area contributed by atoms with Crippen LogP contribution in [0, 0.1) is 0 Å². The van der Waals surface area contributed by atoms with E-state index in [2.05, 4.69) is 5.32 Å². The molecule has 0 aromatic rings. The van der Waals surface area contributed by atoms with Crippen LogP contribution in [0.5, 0.6) is 0 Å². The van der Waals surface area contributed by atoms with Crippen LogP contribution in [0.1, 0.15) is 12.8 Å². The highest BCUT2D eigenvalue weighted by molar-refractivity contribution is 7.99. The Labute approximate surface area is 84.8 Å². The summed E-state index contributed by atoms with van der Waals surface area (Å²) in [5.41, 5.74) is 6.01. The third-order valence-electron chi connectivity index (χ3n) is 2.65. The van der Waals surface area contributed by atoms with Gasteiger partial charge in [0.1, 0.15) is 0 Å². The van der Waals surface area contributed by atoms with Gasteiger partial charge in [-0.15, -0.1) is 0 Å². The molecule has 0 radical (unpaired) electrons. The zero-order chi connectivity index (χ0) is 9.57. The average molecular weight is 204 g/mol. The molecule has 0 unspecified atom stereocenters. The third kappa shape index (κ3) is 3.46. The van der Waals surface area contributed by atoms with Crippen LogP contribution in [0.4, 0.5) is 0 Å². The minimum absolute atomic E-state index is 0.198. The van der Waals surface area contributed by atoms with Crippen LogP contribution >= 0.6 is 11.8 Å². The molecule has 0 atom stereocenters. The van der Waals surface area contributed by atoms with E-state index in [1.165, 1.54) is 24.3 Å². The molecular weight excluding hydrogens is 184 g/mol. The summed E-state index contributed by atoms with van der Waals surface area (Å²) in [4.78, 5) is 0. The summed E-state index contributed by atoms with van der Waals surface area (Å²) >= 11 is 2.02. The summed E-state index contributed by atoms with van der Waals surface area (Å²) < 4.78 is 5.01. The second-order valence-electron chi connectivity index (χ2n) is 3.52. The van der Waals surface area contributed by atoms with Gasteiger partial charge >= 0.3 is 0 Å². The first-order valence-electron chi connectivity index (χ1n) is 4.85. The molecule has 0 spiro atoms. The molecule has 0 bridgehead atoms. The van der Waals surface area contributed by atoms with Crippen molar-refractivity contribution in [1.82, 2.24) is 5.32 Å². The first kappa shape index (κ1) is 11.3. The Kier molecular flexibility index (Phi) is 5.09. The van der Waals surface area contributed by atoms with Gasteiger partial charge in [-0.1, -0.05) is 0 Å². The Morgan fingerprint density at radius 3 is 2.69 bits per heavy atom. The number of thioether (sulfide) groups is 1. The van der Waals surface area contributed by atoms with Crippen molar-refractivity contribution in [2.45, 2.75) is 18.4 Å². The lowest BCUT2D eigenvalue weighted by molar-refractivity contribution is 0.181. The maximum atomic E-state index is 5.81. The van der Waals surface area contributed by atoms with Crippen molar-refractivity contribution >= 4 is 11.8 Å². The molecule has 0 aromatic heterocycles. The SMILES string of the molecule is COCCNC1(CN)CCSCC1.